The van der Waals surface area contributed by atoms with Crippen molar-refractivity contribution in [3.63, 3.8) is 0 Å². The summed E-state index contributed by atoms with van der Waals surface area (Å²) in [6.45, 7) is 2.40. The first kappa shape index (κ1) is 16.0. The summed E-state index contributed by atoms with van der Waals surface area (Å²) < 4.78 is 37.7. The van der Waals surface area contributed by atoms with Crippen LogP contribution in [-0.2, 0) is 14.8 Å². The molecule has 2 heterocycles. The van der Waals surface area contributed by atoms with E-state index in [0.717, 1.165) is 0 Å². The van der Waals surface area contributed by atoms with Gasteiger partial charge in [-0.1, -0.05) is 6.92 Å². The Kier molecular flexibility index (Phi) is 3.95. The first-order valence-electron chi connectivity index (χ1n) is 7.23. The van der Waals surface area contributed by atoms with Crippen molar-refractivity contribution < 1.29 is 22.7 Å². The Labute approximate surface area is 134 Å². The van der Waals surface area contributed by atoms with Gasteiger partial charge in [0.2, 0.25) is 10.0 Å². The van der Waals surface area contributed by atoms with E-state index >= 15 is 0 Å². The molecule has 1 aromatic carbocycles. The number of amides is 1. The number of benzene rings is 1. The number of nitrogens with zero attached hydrogens (tertiary/aromatic N) is 1. The molecule has 2 aliphatic heterocycles. The van der Waals surface area contributed by atoms with Crippen LogP contribution < -0.4 is 20.5 Å². The number of nitrogens with one attached hydrogen (secondary N) is 1. The van der Waals surface area contributed by atoms with Crippen LogP contribution in [0.1, 0.15) is 6.92 Å². The molecule has 0 saturated carbocycles. The largest absolute Gasteiger partial charge is 0.495 e. The van der Waals surface area contributed by atoms with E-state index in [1.165, 1.54) is 23.5 Å². The third-order valence-electron chi connectivity index (χ3n) is 4.15. The van der Waals surface area contributed by atoms with Crippen LogP contribution in [0.15, 0.2) is 17.0 Å². The Bertz CT molecular complexity index is 739. The lowest BCUT2D eigenvalue weighted by Gasteiger charge is -2.22. The summed E-state index contributed by atoms with van der Waals surface area (Å²) in [6.07, 6.45) is 0. The third kappa shape index (κ3) is 2.75. The number of carbonyl (C=O) groups is 1. The van der Waals surface area contributed by atoms with Crippen LogP contribution in [0.4, 0.5) is 5.69 Å². The molecule has 1 amide bonds. The van der Waals surface area contributed by atoms with E-state index in [9.17, 15) is 13.2 Å². The van der Waals surface area contributed by atoms with Crippen molar-refractivity contribution in [2.45, 2.75) is 17.9 Å². The van der Waals surface area contributed by atoms with Crippen LogP contribution in [0.25, 0.3) is 0 Å². The number of fused-ring (bicyclic) bond motifs is 1. The van der Waals surface area contributed by atoms with Crippen LogP contribution in [0.5, 0.6) is 11.5 Å². The van der Waals surface area contributed by atoms with Crippen molar-refractivity contribution in [3.05, 3.63) is 12.1 Å². The highest BCUT2D eigenvalue weighted by atomic mass is 32.2. The molecular formula is C14H19N3O5S. The summed E-state index contributed by atoms with van der Waals surface area (Å²) in [4.78, 5) is 11.4. The van der Waals surface area contributed by atoms with Crippen molar-refractivity contribution in [2.75, 3.05) is 32.1 Å². The Balaban J connectivity index is 2.03. The number of nitrogens with two attached hydrogens (primary N) is 1. The predicted molar refractivity (Wildman–Crippen MR) is 83.0 cm³/mol. The zero-order valence-corrected chi connectivity index (χ0v) is 13.7. The van der Waals surface area contributed by atoms with E-state index in [1.54, 1.807) is 0 Å². The SMILES string of the molecule is COc1cc2c(cc1S(=O)(=O)N1CC(C)C(N)C1)OCC(=O)N2. The number of hydrogen-bond donors (Lipinski definition) is 2. The van der Waals surface area contributed by atoms with Gasteiger partial charge >= 0.3 is 0 Å². The Morgan fingerprint density at radius 1 is 1.39 bits per heavy atom. The van der Waals surface area contributed by atoms with Crippen LogP contribution in [0.2, 0.25) is 0 Å². The molecule has 8 nitrogen and oxygen atoms in total. The highest BCUT2D eigenvalue weighted by Crippen LogP contribution is 2.39. The van der Waals surface area contributed by atoms with Gasteiger partial charge in [-0.15, -0.1) is 0 Å². The molecule has 3 N–H and O–H groups in total. The van der Waals surface area contributed by atoms with Crippen LogP contribution >= 0.6 is 0 Å². The molecule has 0 aromatic heterocycles. The molecule has 1 aromatic rings. The van der Waals surface area contributed by atoms with Crippen LogP contribution in [0, 0.1) is 5.92 Å². The Hall–Kier alpha value is -1.84. The topological polar surface area (TPSA) is 111 Å². The second-order valence-electron chi connectivity index (χ2n) is 5.80. The van der Waals surface area contributed by atoms with Gasteiger partial charge in [0.15, 0.2) is 6.61 Å². The Morgan fingerprint density at radius 2 is 2.13 bits per heavy atom. The lowest BCUT2D eigenvalue weighted by Crippen LogP contribution is -2.32. The molecular weight excluding hydrogens is 322 g/mol. The highest BCUT2D eigenvalue weighted by Gasteiger charge is 2.37. The number of rotatable bonds is 3. The van der Waals surface area contributed by atoms with E-state index in [1.807, 2.05) is 6.92 Å². The summed E-state index contributed by atoms with van der Waals surface area (Å²) in [5.41, 5.74) is 6.32. The normalized spacial score (nSPS) is 24.7. The lowest BCUT2D eigenvalue weighted by molar-refractivity contribution is -0.118. The molecule has 1 fully saturated rings. The summed E-state index contributed by atoms with van der Waals surface area (Å²) in [5, 5.41) is 2.62. The van der Waals surface area contributed by atoms with Crippen molar-refractivity contribution in [3.8, 4) is 11.5 Å². The molecule has 2 aliphatic rings. The molecule has 0 bridgehead atoms. The monoisotopic (exact) mass is 341 g/mol. The molecule has 2 atom stereocenters. The van der Waals surface area contributed by atoms with Crippen molar-refractivity contribution in [1.82, 2.24) is 4.31 Å². The number of anilines is 1. The van der Waals surface area contributed by atoms with Gasteiger partial charge in [-0.3, -0.25) is 4.79 Å². The smallest absolute Gasteiger partial charge is 0.262 e. The van der Waals surface area contributed by atoms with Gasteiger partial charge < -0.3 is 20.5 Å². The van der Waals surface area contributed by atoms with E-state index in [0.29, 0.717) is 18.0 Å². The molecule has 1 saturated heterocycles. The average Bonchev–Trinajstić information content (AvgIpc) is 2.86. The van der Waals surface area contributed by atoms with Gasteiger partial charge in [0.1, 0.15) is 16.4 Å². The van der Waals surface area contributed by atoms with Gasteiger partial charge in [0.05, 0.1) is 12.8 Å². The third-order valence-corrected chi connectivity index (χ3v) is 6.01. The lowest BCUT2D eigenvalue weighted by atomic mass is 10.1. The maximum absolute atomic E-state index is 12.9. The zero-order valence-electron chi connectivity index (χ0n) is 12.9. The second kappa shape index (κ2) is 5.66. The van der Waals surface area contributed by atoms with Crippen LogP contribution in [0.3, 0.4) is 0 Å². The van der Waals surface area contributed by atoms with Gasteiger partial charge in [0, 0.05) is 31.3 Å². The quantitative estimate of drug-likeness (QED) is 0.800. The molecule has 0 spiro atoms. The van der Waals surface area contributed by atoms with Crippen molar-refractivity contribution >= 4 is 21.6 Å². The molecule has 9 heteroatoms. The van der Waals surface area contributed by atoms with Crippen molar-refractivity contribution in [1.29, 1.82) is 0 Å². The fourth-order valence-electron chi connectivity index (χ4n) is 2.73. The van der Waals surface area contributed by atoms with E-state index < -0.39 is 10.0 Å². The first-order valence-corrected chi connectivity index (χ1v) is 8.67. The molecule has 0 radical (unpaired) electrons. The number of ether oxygens (including phenoxy) is 2. The maximum Gasteiger partial charge on any atom is 0.262 e. The second-order valence-corrected chi connectivity index (χ2v) is 7.71. The molecule has 23 heavy (non-hydrogen) atoms. The number of sulfonamides is 1. The molecule has 0 aliphatic carbocycles. The summed E-state index contributed by atoms with van der Waals surface area (Å²) in [7, 11) is -2.38. The number of methoxy groups -OCH3 is 1. The summed E-state index contributed by atoms with van der Waals surface area (Å²) in [5.74, 6) is 0.252. The summed E-state index contributed by atoms with van der Waals surface area (Å²) in [6, 6.07) is 2.65. The number of hydrogen-bond acceptors (Lipinski definition) is 6. The van der Waals surface area contributed by atoms with E-state index in [-0.39, 0.29) is 41.7 Å². The molecule has 2 unspecified atom stereocenters. The van der Waals surface area contributed by atoms with Gasteiger partial charge in [-0.2, -0.15) is 4.31 Å². The van der Waals surface area contributed by atoms with E-state index in [2.05, 4.69) is 5.32 Å². The predicted octanol–water partition coefficient (Wildman–Crippen LogP) is -0.00620. The average molecular weight is 341 g/mol. The molecule has 126 valence electrons. The van der Waals surface area contributed by atoms with E-state index in [4.69, 9.17) is 15.2 Å². The van der Waals surface area contributed by atoms with Gasteiger partial charge in [-0.25, -0.2) is 8.42 Å². The fourth-order valence-corrected chi connectivity index (χ4v) is 4.46. The number of carbonyl (C=O) groups excluding carboxylic acids is 1. The van der Waals surface area contributed by atoms with Gasteiger partial charge in [-0.05, 0) is 5.92 Å². The minimum atomic E-state index is -3.76. The zero-order chi connectivity index (χ0) is 16.8. The molecule has 3 rings (SSSR count). The van der Waals surface area contributed by atoms with Gasteiger partial charge in [0.25, 0.3) is 5.91 Å². The van der Waals surface area contributed by atoms with Crippen molar-refractivity contribution in [2.24, 2.45) is 11.7 Å². The van der Waals surface area contributed by atoms with Crippen LogP contribution in [-0.4, -0.2) is 51.5 Å². The standard InChI is InChI=1S/C14H19N3O5S/c1-8-5-17(6-9(8)15)23(19,20)13-4-11-10(3-12(13)21-2)16-14(18)7-22-11/h3-4,8-9H,5-7,15H2,1-2H3,(H,16,18). The highest BCUT2D eigenvalue weighted by molar-refractivity contribution is 7.89. The first-order chi connectivity index (χ1) is 10.8. The maximum atomic E-state index is 12.9. The summed E-state index contributed by atoms with van der Waals surface area (Å²) >= 11 is 0. The minimum absolute atomic E-state index is 0.0104. The Morgan fingerprint density at radius 3 is 2.74 bits per heavy atom. The fraction of sp³-hybridized carbons (Fsp3) is 0.500. The minimum Gasteiger partial charge on any atom is -0.495 e.